The van der Waals surface area contributed by atoms with Crippen LogP contribution in [0.25, 0.3) is 4.96 Å². The third-order valence-electron chi connectivity index (χ3n) is 5.33. The molecule has 0 bridgehead atoms. The number of aromatic nitrogens is 4. The molecular formula is C17H19N5O2S. The molecule has 2 aliphatic heterocycles. The summed E-state index contributed by atoms with van der Waals surface area (Å²) >= 11 is 1.49. The van der Waals surface area contributed by atoms with Crippen molar-refractivity contribution < 1.29 is 4.74 Å². The standard InChI is InChI=1S/C17H19N5O2S/c23-14-9-13(19-16-22(14)6-8-25-16)11-21-4-2-17(3-5-21)15-12(1-7-24-17)10-18-20-15/h6,8-10H,1-5,7,11H2,(H,18,20). The van der Waals surface area contributed by atoms with Crippen LogP contribution < -0.4 is 5.56 Å². The summed E-state index contributed by atoms with van der Waals surface area (Å²) in [5.74, 6) is 0. The van der Waals surface area contributed by atoms with Gasteiger partial charge in [0.25, 0.3) is 5.56 Å². The smallest absolute Gasteiger partial charge is 0.258 e. The molecule has 0 aliphatic carbocycles. The third kappa shape index (κ3) is 2.52. The number of rotatable bonds is 2. The van der Waals surface area contributed by atoms with E-state index >= 15 is 0 Å². The van der Waals surface area contributed by atoms with E-state index in [2.05, 4.69) is 20.1 Å². The highest BCUT2D eigenvalue weighted by atomic mass is 32.1. The Kier molecular flexibility index (Phi) is 3.51. The first-order valence-corrected chi connectivity index (χ1v) is 9.46. The number of likely N-dealkylation sites (tertiary alicyclic amines) is 1. The maximum absolute atomic E-state index is 12.1. The first-order chi connectivity index (χ1) is 12.2. The van der Waals surface area contributed by atoms with Crippen molar-refractivity contribution in [1.29, 1.82) is 0 Å². The maximum atomic E-state index is 12.1. The summed E-state index contributed by atoms with van der Waals surface area (Å²) in [7, 11) is 0. The zero-order chi connectivity index (χ0) is 16.9. The second-order valence-electron chi connectivity index (χ2n) is 6.78. The van der Waals surface area contributed by atoms with Crippen LogP contribution in [0.3, 0.4) is 0 Å². The molecule has 3 aromatic heterocycles. The lowest BCUT2D eigenvalue weighted by atomic mass is 9.84. The lowest BCUT2D eigenvalue weighted by Crippen LogP contribution is -2.46. The second kappa shape index (κ2) is 5.76. The Bertz CT molecular complexity index is 967. The number of aromatic amines is 1. The van der Waals surface area contributed by atoms with Crippen LogP contribution in [0, 0.1) is 0 Å². The molecule has 1 fully saturated rings. The predicted molar refractivity (Wildman–Crippen MR) is 93.8 cm³/mol. The van der Waals surface area contributed by atoms with E-state index in [-0.39, 0.29) is 11.2 Å². The zero-order valence-corrected chi connectivity index (χ0v) is 14.6. The van der Waals surface area contributed by atoms with Gasteiger partial charge in [-0.05, 0) is 24.8 Å². The summed E-state index contributed by atoms with van der Waals surface area (Å²) < 4.78 is 7.78. The van der Waals surface area contributed by atoms with Gasteiger partial charge in [0.05, 0.1) is 24.2 Å². The van der Waals surface area contributed by atoms with Gasteiger partial charge in [-0.3, -0.25) is 19.2 Å². The minimum atomic E-state index is -0.217. The summed E-state index contributed by atoms with van der Waals surface area (Å²) in [6.07, 6.45) is 6.50. The normalized spacial score (nSPS) is 20.2. The van der Waals surface area contributed by atoms with E-state index in [4.69, 9.17) is 4.74 Å². The van der Waals surface area contributed by atoms with Crippen LogP contribution in [0.15, 0.2) is 28.6 Å². The Morgan fingerprint density at radius 1 is 1.36 bits per heavy atom. The average Bonchev–Trinajstić information content (AvgIpc) is 3.27. The molecule has 5 rings (SSSR count). The molecule has 0 atom stereocenters. The quantitative estimate of drug-likeness (QED) is 0.753. The molecular weight excluding hydrogens is 338 g/mol. The van der Waals surface area contributed by atoms with Crippen molar-refractivity contribution in [2.24, 2.45) is 0 Å². The number of hydrogen-bond donors (Lipinski definition) is 1. The van der Waals surface area contributed by atoms with Crippen LogP contribution in [0.2, 0.25) is 0 Å². The minimum absolute atomic E-state index is 0.00700. The Morgan fingerprint density at radius 3 is 3.12 bits per heavy atom. The van der Waals surface area contributed by atoms with Crippen molar-refractivity contribution in [3.63, 3.8) is 0 Å². The molecule has 25 heavy (non-hydrogen) atoms. The second-order valence-corrected chi connectivity index (χ2v) is 7.65. The summed E-state index contributed by atoms with van der Waals surface area (Å²) in [5.41, 5.74) is 3.07. The van der Waals surface area contributed by atoms with Crippen molar-refractivity contribution in [2.75, 3.05) is 19.7 Å². The summed E-state index contributed by atoms with van der Waals surface area (Å²) in [6.45, 7) is 3.31. The number of hydrogen-bond acceptors (Lipinski definition) is 6. The van der Waals surface area contributed by atoms with Crippen molar-refractivity contribution >= 4 is 16.3 Å². The van der Waals surface area contributed by atoms with Gasteiger partial charge in [0.15, 0.2) is 4.96 Å². The highest BCUT2D eigenvalue weighted by Crippen LogP contribution is 2.40. The van der Waals surface area contributed by atoms with Crippen LogP contribution >= 0.6 is 11.3 Å². The van der Waals surface area contributed by atoms with Gasteiger partial charge in [-0.15, -0.1) is 11.3 Å². The lowest BCUT2D eigenvalue weighted by Gasteiger charge is -2.43. The van der Waals surface area contributed by atoms with Crippen LogP contribution in [-0.4, -0.2) is 44.2 Å². The number of fused-ring (bicyclic) bond motifs is 3. The van der Waals surface area contributed by atoms with Gasteiger partial charge in [-0.2, -0.15) is 5.10 Å². The molecule has 0 unspecified atom stereocenters. The molecule has 8 heteroatoms. The highest BCUT2D eigenvalue weighted by molar-refractivity contribution is 7.15. The van der Waals surface area contributed by atoms with Crippen molar-refractivity contribution in [1.82, 2.24) is 24.5 Å². The SMILES string of the molecule is O=c1cc(CN2CCC3(CC2)OCCc2cn[nH]c23)nc2sccn12. The Balaban J connectivity index is 1.33. The van der Waals surface area contributed by atoms with E-state index in [1.54, 1.807) is 16.7 Å². The van der Waals surface area contributed by atoms with Crippen LogP contribution in [0.5, 0.6) is 0 Å². The largest absolute Gasteiger partial charge is 0.368 e. The minimum Gasteiger partial charge on any atom is -0.368 e. The van der Waals surface area contributed by atoms with E-state index in [0.717, 1.165) is 55.3 Å². The maximum Gasteiger partial charge on any atom is 0.258 e. The third-order valence-corrected chi connectivity index (χ3v) is 6.09. The van der Waals surface area contributed by atoms with E-state index in [0.29, 0.717) is 6.54 Å². The van der Waals surface area contributed by atoms with Crippen molar-refractivity contribution in [2.45, 2.75) is 31.4 Å². The van der Waals surface area contributed by atoms with E-state index in [9.17, 15) is 4.79 Å². The molecule has 1 N–H and O–H groups in total. The first kappa shape index (κ1) is 15.2. The lowest BCUT2D eigenvalue weighted by molar-refractivity contribution is -0.102. The molecule has 1 spiro atoms. The molecule has 2 aliphatic rings. The number of nitrogens with one attached hydrogen (secondary N) is 1. The molecule has 0 saturated carbocycles. The summed E-state index contributed by atoms with van der Waals surface area (Å²) in [4.78, 5) is 19.9. The Morgan fingerprint density at radius 2 is 2.24 bits per heavy atom. The van der Waals surface area contributed by atoms with E-state index in [1.807, 2.05) is 11.6 Å². The molecule has 130 valence electrons. The van der Waals surface area contributed by atoms with Gasteiger partial charge in [-0.1, -0.05) is 0 Å². The van der Waals surface area contributed by atoms with Gasteiger partial charge in [-0.25, -0.2) is 4.98 Å². The molecule has 1 saturated heterocycles. The zero-order valence-electron chi connectivity index (χ0n) is 13.8. The Labute approximate surface area is 148 Å². The number of ether oxygens (including phenoxy) is 1. The predicted octanol–water partition coefficient (Wildman–Crippen LogP) is 1.54. The number of piperidine rings is 1. The van der Waals surface area contributed by atoms with Crippen LogP contribution in [0.4, 0.5) is 0 Å². The average molecular weight is 357 g/mol. The number of H-pyrrole nitrogens is 1. The first-order valence-electron chi connectivity index (χ1n) is 8.58. The number of thiazole rings is 1. The molecule has 3 aromatic rings. The molecule has 0 amide bonds. The van der Waals surface area contributed by atoms with Gasteiger partial charge < -0.3 is 4.74 Å². The fourth-order valence-corrected chi connectivity index (χ4v) is 4.73. The van der Waals surface area contributed by atoms with Crippen molar-refractivity contribution in [3.8, 4) is 0 Å². The Hall–Kier alpha value is -2.03. The van der Waals surface area contributed by atoms with E-state index < -0.39 is 0 Å². The van der Waals surface area contributed by atoms with Crippen molar-refractivity contribution in [3.05, 3.63) is 51.1 Å². The summed E-state index contributed by atoms with van der Waals surface area (Å²) in [5, 5.41) is 9.26. The van der Waals surface area contributed by atoms with Gasteiger partial charge in [0.1, 0.15) is 5.60 Å². The van der Waals surface area contributed by atoms with Crippen LogP contribution in [0.1, 0.15) is 29.8 Å². The number of nitrogens with zero attached hydrogens (tertiary/aromatic N) is 4. The molecule has 5 heterocycles. The fraction of sp³-hybridized carbons (Fsp3) is 0.471. The van der Waals surface area contributed by atoms with Gasteiger partial charge in [0, 0.05) is 37.3 Å². The fourth-order valence-electron chi connectivity index (χ4n) is 3.99. The highest BCUT2D eigenvalue weighted by Gasteiger charge is 2.42. The van der Waals surface area contributed by atoms with Crippen LogP contribution in [-0.2, 0) is 23.3 Å². The summed E-state index contributed by atoms with van der Waals surface area (Å²) in [6, 6.07) is 1.65. The monoisotopic (exact) mass is 357 g/mol. The van der Waals surface area contributed by atoms with E-state index in [1.165, 1.54) is 16.9 Å². The topological polar surface area (TPSA) is 75.5 Å². The molecule has 7 nitrogen and oxygen atoms in total. The molecule has 0 radical (unpaired) electrons. The van der Waals surface area contributed by atoms with Gasteiger partial charge >= 0.3 is 0 Å². The van der Waals surface area contributed by atoms with Gasteiger partial charge in [0.2, 0.25) is 0 Å². The molecule has 0 aromatic carbocycles.